The van der Waals surface area contributed by atoms with E-state index in [-0.39, 0.29) is 10.7 Å². The molecule has 0 spiro atoms. The van der Waals surface area contributed by atoms with E-state index in [0.29, 0.717) is 16.4 Å². The molecule has 13 heteroatoms. The lowest BCUT2D eigenvalue weighted by atomic mass is 10.1. The van der Waals surface area contributed by atoms with Crippen LogP contribution in [0.2, 0.25) is 5.02 Å². The van der Waals surface area contributed by atoms with Crippen LogP contribution in [0.15, 0.2) is 59.6 Å². The summed E-state index contributed by atoms with van der Waals surface area (Å²) in [6.45, 7) is 10.8. The summed E-state index contributed by atoms with van der Waals surface area (Å²) in [4.78, 5) is 22.3. The Kier molecular flexibility index (Phi) is 9.32. The number of ether oxygens (including phenoxy) is 1. The van der Waals surface area contributed by atoms with Gasteiger partial charge in [-0.2, -0.15) is 0 Å². The summed E-state index contributed by atoms with van der Waals surface area (Å²) in [5.74, 6) is 0.223. The molecule has 1 aromatic carbocycles. The Hall–Kier alpha value is -2.74. The first-order valence-corrected chi connectivity index (χ1v) is 16.0. The van der Waals surface area contributed by atoms with Crippen molar-refractivity contribution in [1.29, 1.82) is 0 Å². The predicted octanol–water partition coefficient (Wildman–Crippen LogP) is 6.74. The van der Waals surface area contributed by atoms with E-state index in [2.05, 4.69) is 20.0 Å². The molecule has 0 saturated carbocycles. The van der Waals surface area contributed by atoms with Crippen LogP contribution in [0.3, 0.4) is 0 Å². The number of carbonyl (C=O) groups excluding carboxylic acids is 1. The SMILES string of the molecule is CC(C)(C)OC(=O)Nc1ccc(Cl)c(C(N[S@@](=O)C(C)(C)C)c2cc3cccc(-c4cc(S(=O)[O-])ccn4)c3s2)n1. The second kappa shape index (κ2) is 12.2. The Labute approximate surface area is 253 Å². The van der Waals surface area contributed by atoms with Crippen LogP contribution in [-0.4, -0.2) is 39.4 Å². The molecule has 0 radical (unpaired) electrons. The molecule has 2 N–H and O–H groups in total. The highest BCUT2D eigenvalue weighted by Crippen LogP contribution is 2.40. The van der Waals surface area contributed by atoms with Crippen LogP contribution in [-0.2, 0) is 26.8 Å². The average molecular weight is 634 g/mol. The van der Waals surface area contributed by atoms with Gasteiger partial charge in [0.05, 0.1) is 38.2 Å². The van der Waals surface area contributed by atoms with E-state index >= 15 is 0 Å². The molecule has 218 valence electrons. The zero-order valence-electron chi connectivity index (χ0n) is 23.3. The number of benzene rings is 1. The lowest BCUT2D eigenvalue weighted by molar-refractivity contribution is 0.0635. The number of halogens is 1. The van der Waals surface area contributed by atoms with Crippen molar-refractivity contribution >= 4 is 67.0 Å². The molecular weight excluding hydrogens is 604 g/mol. The number of aromatic nitrogens is 2. The van der Waals surface area contributed by atoms with Gasteiger partial charge in [-0.3, -0.25) is 14.5 Å². The third kappa shape index (κ3) is 7.76. The zero-order valence-corrected chi connectivity index (χ0v) is 26.5. The van der Waals surface area contributed by atoms with E-state index in [1.54, 1.807) is 32.9 Å². The van der Waals surface area contributed by atoms with Crippen molar-refractivity contribution < 1.29 is 22.5 Å². The molecule has 4 aromatic rings. The van der Waals surface area contributed by atoms with Crippen LogP contribution in [0, 0.1) is 0 Å². The number of nitrogens with one attached hydrogen (secondary N) is 2. The van der Waals surface area contributed by atoms with Crippen molar-refractivity contribution in [2.24, 2.45) is 0 Å². The summed E-state index contributed by atoms with van der Waals surface area (Å²) < 4.78 is 45.3. The molecule has 0 saturated heterocycles. The van der Waals surface area contributed by atoms with E-state index < -0.39 is 44.5 Å². The van der Waals surface area contributed by atoms with Crippen molar-refractivity contribution in [3.8, 4) is 11.3 Å². The van der Waals surface area contributed by atoms with Crippen LogP contribution < -0.4 is 10.0 Å². The molecule has 1 amide bonds. The Morgan fingerprint density at radius 1 is 1.07 bits per heavy atom. The first kappa shape index (κ1) is 31.2. The first-order chi connectivity index (χ1) is 19.1. The molecule has 3 heterocycles. The van der Waals surface area contributed by atoms with Gasteiger partial charge in [0.15, 0.2) is 0 Å². The molecule has 0 aliphatic heterocycles. The molecule has 0 fully saturated rings. The van der Waals surface area contributed by atoms with Gasteiger partial charge in [0, 0.05) is 26.2 Å². The summed E-state index contributed by atoms with van der Waals surface area (Å²) in [5.41, 5.74) is 0.931. The fourth-order valence-corrected chi connectivity index (χ4v) is 6.47. The highest BCUT2D eigenvalue weighted by Gasteiger charge is 2.29. The number of carbonyl (C=O) groups is 1. The van der Waals surface area contributed by atoms with Gasteiger partial charge in [0.25, 0.3) is 0 Å². The molecule has 41 heavy (non-hydrogen) atoms. The Morgan fingerprint density at radius 2 is 1.80 bits per heavy atom. The van der Waals surface area contributed by atoms with Gasteiger partial charge in [0.2, 0.25) is 0 Å². The molecule has 3 atom stereocenters. The number of thiophene rings is 1. The number of nitrogens with zero attached hydrogens (tertiary/aromatic N) is 2. The van der Waals surface area contributed by atoms with Crippen LogP contribution in [0.5, 0.6) is 0 Å². The third-order valence-corrected chi connectivity index (χ3v) is 9.37. The monoisotopic (exact) mass is 633 g/mol. The molecule has 0 bridgehead atoms. The van der Waals surface area contributed by atoms with Crippen molar-refractivity contribution in [3.63, 3.8) is 0 Å². The summed E-state index contributed by atoms with van der Waals surface area (Å²) in [5, 5.41) is 3.83. The standard InChI is InChI=1S/C28H31ClN4O5S3/c1-27(2,3)38-26(34)32-22-11-10-19(29)23(31-22)24(33-41(37)28(4,5)6)21-14-16-8-7-9-18(25(16)39-21)20-15-17(40(35)36)12-13-30-20/h7-15,24,33H,1-6H3,(H,35,36)(H,31,32,34)/p-1/t24?,41-/m0/s1. The van der Waals surface area contributed by atoms with Crippen LogP contribution in [0.25, 0.3) is 21.3 Å². The molecule has 9 nitrogen and oxygen atoms in total. The van der Waals surface area contributed by atoms with Crippen molar-refractivity contribution in [3.05, 3.63) is 70.3 Å². The number of hydrogen-bond acceptors (Lipinski definition) is 8. The minimum Gasteiger partial charge on any atom is -0.768 e. The van der Waals surface area contributed by atoms with Crippen LogP contribution in [0.1, 0.15) is 58.2 Å². The Morgan fingerprint density at radius 3 is 2.46 bits per heavy atom. The number of pyridine rings is 2. The van der Waals surface area contributed by atoms with E-state index in [0.717, 1.165) is 20.5 Å². The van der Waals surface area contributed by atoms with E-state index in [4.69, 9.17) is 16.3 Å². The average Bonchev–Trinajstić information content (AvgIpc) is 3.31. The predicted molar refractivity (Wildman–Crippen MR) is 164 cm³/mol. The summed E-state index contributed by atoms with van der Waals surface area (Å²) in [6.07, 6.45) is 0.790. The second-order valence-corrected chi connectivity index (χ2v) is 15.5. The van der Waals surface area contributed by atoms with E-state index in [1.807, 2.05) is 45.0 Å². The fourth-order valence-electron chi connectivity index (χ4n) is 3.76. The second-order valence-electron chi connectivity index (χ2n) is 11.1. The molecular formula is C28H30ClN4O5S3-. The van der Waals surface area contributed by atoms with E-state index in [1.165, 1.54) is 29.7 Å². The van der Waals surface area contributed by atoms with Gasteiger partial charge in [-0.05, 0) is 88.3 Å². The quantitative estimate of drug-likeness (QED) is 0.215. The topological polar surface area (TPSA) is 133 Å². The molecule has 2 unspecified atom stereocenters. The molecule has 0 aliphatic carbocycles. The lowest BCUT2D eigenvalue weighted by Crippen LogP contribution is -2.36. The minimum atomic E-state index is -2.40. The van der Waals surface area contributed by atoms with Crippen molar-refractivity contribution in [2.45, 2.75) is 62.8 Å². The van der Waals surface area contributed by atoms with Crippen molar-refractivity contribution in [1.82, 2.24) is 14.7 Å². The third-order valence-electron chi connectivity index (χ3n) is 5.60. The number of anilines is 1. The Balaban J connectivity index is 1.82. The van der Waals surface area contributed by atoms with Gasteiger partial charge in [-0.25, -0.2) is 18.7 Å². The lowest BCUT2D eigenvalue weighted by Gasteiger charge is -2.24. The first-order valence-electron chi connectivity index (χ1n) is 12.5. The van der Waals surface area contributed by atoms with Crippen LogP contribution in [0.4, 0.5) is 10.6 Å². The minimum absolute atomic E-state index is 0.134. The highest BCUT2D eigenvalue weighted by atomic mass is 35.5. The summed E-state index contributed by atoms with van der Waals surface area (Å²) in [7, 11) is -1.51. The smallest absolute Gasteiger partial charge is 0.413 e. The number of fused-ring (bicyclic) bond motifs is 1. The molecule has 4 rings (SSSR count). The van der Waals surface area contributed by atoms with Gasteiger partial charge >= 0.3 is 6.09 Å². The Bertz CT molecular complexity index is 1650. The molecule has 3 aromatic heterocycles. The zero-order chi connectivity index (χ0) is 30.1. The largest absolute Gasteiger partial charge is 0.768 e. The normalized spacial score (nSPS) is 14.4. The molecule has 0 aliphatic rings. The maximum absolute atomic E-state index is 13.3. The van der Waals surface area contributed by atoms with Gasteiger partial charge in [-0.15, -0.1) is 11.3 Å². The summed E-state index contributed by atoms with van der Waals surface area (Å²) >= 11 is 5.67. The van der Waals surface area contributed by atoms with Gasteiger partial charge in [0.1, 0.15) is 11.4 Å². The maximum atomic E-state index is 13.3. The highest BCUT2D eigenvalue weighted by molar-refractivity contribution is 7.84. The number of rotatable bonds is 7. The number of amides is 1. The van der Waals surface area contributed by atoms with E-state index in [9.17, 15) is 17.8 Å². The van der Waals surface area contributed by atoms with Crippen molar-refractivity contribution in [2.75, 3.05) is 5.32 Å². The number of hydrogen-bond donors (Lipinski definition) is 2. The van der Waals surface area contributed by atoms with Crippen LogP contribution >= 0.6 is 22.9 Å². The summed E-state index contributed by atoms with van der Waals surface area (Å²) in [6, 6.07) is 13.0. The van der Waals surface area contributed by atoms with Gasteiger partial charge in [-0.1, -0.05) is 29.8 Å². The maximum Gasteiger partial charge on any atom is 0.413 e. The van der Waals surface area contributed by atoms with Gasteiger partial charge < -0.3 is 9.29 Å². The fraction of sp³-hybridized carbons (Fsp3) is 0.321.